The maximum atomic E-state index is 12.3. The second-order valence-electron chi connectivity index (χ2n) is 5.34. The molecule has 1 N–H and O–H groups in total. The van der Waals surface area contributed by atoms with Crippen molar-refractivity contribution in [2.24, 2.45) is 4.99 Å². The minimum absolute atomic E-state index is 0.294. The second kappa shape index (κ2) is 5.85. The number of aromatic nitrogens is 1. The van der Waals surface area contributed by atoms with Crippen LogP contribution in [0.3, 0.4) is 0 Å². The highest BCUT2D eigenvalue weighted by molar-refractivity contribution is 7.94. The van der Waals surface area contributed by atoms with E-state index >= 15 is 0 Å². The molecule has 0 spiro atoms. The van der Waals surface area contributed by atoms with Crippen molar-refractivity contribution < 1.29 is 8.42 Å². The highest BCUT2D eigenvalue weighted by Gasteiger charge is 2.18. The Morgan fingerprint density at radius 3 is 2.79 bits per heavy atom. The summed E-state index contributed by atoms with van der Waals surface area (Å²) in [4.78, 5) is 8.79. The lowest BCUT2D eigenvalue weighted by atomic mass is 10.0. The van der Waals surface area contributed by atoms with Crippen molar-refractivity contribution in [1.29, 1.82) is 0 Å². The first-order valence-corrected chi connectivity index (χ1v) is 9.66. The first-order valence-electron chi connectivity index (χ1n) is 7.30. The van der Waals surface area contributed by atoms with Gasteiger partial charge in [-0.3, -0.25) is 4.72 Å². The van der Waals surface area contributed by atoms with Gasteiger partial charge in [0.25, 0.3) is 10.0 Å². The molecule has 2 aromatic heterocycles. The van der Waals surface area contributed by atoms with Gasteiger partial charge in [0.15, 0.2) is 5.82 Å². The van der Waals surface area contributed by atoms with Gasteiger partial charge in [-0.25, -0.2) is 18.4 Å². The number of sulfonamides is 1. The fourth-order valence-electron chi connectivity index (χ4n) is 2.57. The number of nitrogens with zero attached hydrogens (tertiary/aromatic N) is 2. The topological polar surface area (TPSA) is 71.4 Å². The van der Waals surface area contributed by atoms with Gasteiger partial charge in [0.1, 0.15) is 4.21 Å². The SMILES string of the molecule is O=S(=O)(Nc1cccc(C2=Nc3ncccc3C2)c1)c1cccs1. The van der Waals surface area contributed by atoms with Crippen molar-refractivity contribution in [1.82, 2.24) is 4.98 Å². The third-order valence-electron chi connectivity index (χ3n) is 3.67. The Morgan fingerprint density at radius 1 is 1.08 bits per heavy atom. The van der Waals surface area contributed by atoms with Gasteiger partial charge >= 0.3 is 0 Å². The van der Waals surface area contributed by atoms with E-state index in [2.05, 4.69) is 14.7 Å². The first kappa shape index (κ1) is 15.0. The highest BCUT2D eigenvalue weighted by atomic mass is 32.2. The average Bonchev–Trinajstić information content (AvgIpc) is 3.24. The summed E-state index contributed by atoms with van der Waals surface area (Å²) < 4.78 is 27.6. The Morgan fingerprint density at radius 2 is 2.00 bits per heavy atom. The minimum Gasteiger partial charge on any atom is -0.279 e. The number of thiophene rings is 1. The number of pyridine rings is 1. The zero-order chi connectivity index (χ0) is 16.6. The summed E-state index contributed by atoms with van der Waals surface area (Å²) in [6.07, 6.45) is 2.42. The van der Waals surface area contributed by atoms with Crippen LogP contribution in [0.4, 0.5) is 11.5 Å². The van der Waals surface area contributed by atoms with Crippen LogP contribution in [0, 0.1) is 0 Å². The van der Waals surface area contributed by atoms with Crippen LogP contribution in [-0.4, -0.2) is 19.1 Å². The van der Waals surface area contributed by atoms with Crippen molar-refractivity contribution in [3.63, 3.8) is 0 Å². The third kappa shape index (κ3) is 2.83. The standard InChI is InChI=1S/C17H13N3O2S2/c21-24(22,16-7-3-9-23-16)20-14-6-1-4-12(10-14)15-11-13-5-2-8-18-17(13)19-15/h1-10,20H,11H2. The van der Waals surface area contributed by atoms with Crippen molar-refractivity contribution >= 4 is 38.6 Å². The number of rotatable bonds is 4. The van der Waals surface area contributed by atoms with E-state index in [4.69, 9.17) is 0 Å². The number of benzene rings is 1. The molecule has 1 aromatic carbocycles. The summed E-state index contributed by atoms with van der Waals surface area (Å²) >= 11 is 1.19. The van der Waals surface area contributed by atoms with Gasteiger partial charge in [0.2, 0.25) is 0 Å². The Balaban J connectivity index is 1.62. The molecule has 24 heavy (non-hydrogen) atoms. The summed E-state index contributed by atoms with van der Waals surface area (Å²) in [7, 11) is -3.55. The molecule has 0 atom stereocenters. The molecule has 0 amide bonds. The summed E-state index contributed by atoms with van der Waals surface area (Å²) in [6, 6.07) is 14.5. The number of nitrogens with one attached hydrogen (secondary N) is 1. The highest BCUT2D eigenvalue weighted by Crippen LogP contribution is 2.27. The van der Waals surface area contributed by atoms with Gasteiger partial charge in [0, 0.05) is 23.9 Å². The lowest BCUT2D eigenvalue weighted by Crippen LogP contribution is -2.12. The molecule has 0 saturated carbocycles. The molecule has 3 heterocycles. The van der Waals surface area contributed by atoms with Crippen LogP contribution in [0.1, 0.15) is 11.1 Å². The van der Waals surface area contributed by atoms with Crippen LogP contribution < -0.4 is 4.72 Å². The largest absolute Gasteiger partial charge is 0.279 e. The van der Waals surface area contributed by atoms with Gasteiger partial charge in [-0.05, 0) is 35.2 Å². The first-order chi connectivity index (χ1) is 11.6. The Hall–Kier alpha value is -2.51. The zero-order valence-corrected chi connectivity index (χ0v) is 14.1. The van der Waals surface area contributed by atoms with Crippen LogP contribution in [0.15, 0.2) is 69.3 Å². The Labute approximate surface area is 143 Å². The fraction of sp³-hybridized carbons (Fsp3) is 0.0588. The van der Waals surface area contributed by atoms with Crippen LogP contribution in [-0.2, 0) is 16.4 Å². The molecule has 1 aliphatic heterocycles. The molecule has 7 heteroatoms. The van der Waals surface area contributed by atoms with E-state index in [1.54, 1.807) is 35.8 Å². The van der Waals surface area contributed by atoms with Gasteiger partial charge in [-0.2, -0.15) is 0 Å². The maximum Gasteiger partial charge on any atom is 0.271 e. The average molecular weight is 355 g/mol. The number of aliphatic imine (C=N–C) groups is 1. The van der Waals surface area contributed by atoms with Crippen LogP contribution in [0.25, 0.3) is 0 Å². The van der Waals surface area contributed by atoms with E-state index in [-0.39, 0.29) is 0 Å². The van der Waals surface area contributed by atoms with Crippen LogP contribution in [0.2, 0.25) is 0 Å². The van der Waals surface area contributed by atoms with Crippen LogP contribution in [0.5, 0.6) is 0 Å². The molecule has 0 bridgehead atoms. The number of anilines is 1. The molecular formula is C17H13N3O2S2. The van der Waals surface area contributed by atoms with Crippen LogP contribution >= 0.6 is 11.3 Å². The fourth-order valence-corrected chi connectivity index (χ4v) is 4.61. The summed E-state index contributed by atoms with van der Waals surface area (Å²) in [5.41, 5.74) is 3.38. The summed E-state index contributed by atoms with van der Waals surface area (Å²) in [5, 5.41) is 1.74. The molecule has 120 valence electrons. The third-order valence-corrected chi connectivity index (χ3v) is 6.45. The van der Waals surface area contributed by atoms with E-state index < -0.39 is 10.0 Å². The van der Waals surface area contributed by atoms with Crippen molar-refractivity contribution in [3.05, 3.63) is 71.2 Å². The smallest absolute Gasteiger partial charge is 0.271 e. The van der Waals surface area contributed by atoms with E-state index in [9.17, 15) is 8.42 Å². The van der Waals surface area contributed by atoms with E-state index in [1.807, 2.05) is 24.3 Å². The molecule has 4 rings (SSSR count). The Kier molecular flexibility index (Phi) is 3.66. The normalized spacial score (nSPS) is 13.4. The molecule has 3 aromatic rings. The monoisotopic (exact) mass is 355 g/mol. The number of hydrogen-bond donors (Lipinski definition) is 1. The number of hydrogen-bond acceptors (Lipinski definition) is 5. The molecule has 1 aliphatic rings. The van der Waals surface area contributed by atoms with Gasteiger partial charge in [-0.15, -0.1) is 11.3 Å². The maximum absolute atomic E-state index is 12.3. The molecule has 5 nitrogen and oxygen atoms in total. The van der Waals surface area contributed by atoms with Gasteiger partial charge in [0.05, 0.1) is 5.71 Å². The number of fused-ring (bicyclic) bond motifs is 1. The molecule has 0 unspecified atom stereocenters. The van der Waals surface area contributed by atoms with Crippen molar-refractivity contribution in [2.45, 2.75) is 10.6 Å². The van der Waals surface area contributed by atoms with E-state index in [0.29, 0.717) is 16.3 Å². The molecule has 0 radical (unpaired) electrons. The predicted octanol–water partition coefficient (Wildman–Crippen LogP) is 3.62. The Bertz CT molecular complexity index is 1030. The van der Waals surface area contributed by atoms with E-state index in [1.165, 1.54) is 11.3 Å². The molecule has 0 saturated heterocycles. The molecular weight excluding hydrogens is 342 g/mol. The second-order valence-corrected chi connectivity index (χ2v) is 8.20. The predicted molar refractivity (Wildman–Crippen MR) is 95.7 cm³/mol. The van der Waals surface area contributed by atoms with Crippen molar-refractivity contribution in [3.8, 4) is 0 Å². The summed E-state index contributed by atoms with van der Waals surface area (Å²) in [6.45, 7) is 0. The van der Waals surface area contributed by atoms with Crippen molar-refractivity contribution in [2.75, 3.05) is 4.72 Å². The quantitative estimate of drug-likeness (QED) is 0.777. The van der Waals surface area contributed by atoms with Gasteiger partial charge < -0.3 is 0 Å². The molecule has 0 fully saturated rings. The molecule has 0 aliphatic carbocycles. The van der Waals surface area contributed by atoms with Gasteiger partial charge in [-0.1, -0.05) is 24.3 Å². The lowest BCUT2D eigenvalue weighted by Gasteiger charge is -2.08. The zero-order valence-electron chi connectivity index (χ0n) is 12.5. The summed E-state index contributed by atoms with van der Waals surface area (Å²) in [5.74, 6) is 0.733. The minimum atomic E-state index is -3.55. The lowest BCUT2D eigenvalue weighted by molar-refractivity contribution is 0.603. The van der Waals surface area contributed by atoms with E-state index in [0.717, 1.165) is 22.7 Å².